The molecule has 0 radical (unpaired) electrons. The Morgan fingerprint density at radius 2 is 1.60 bits per heavy atom. The van der Waals surface area contributed by atoms with Gasteiger partial charge in [0.15, 0.2) is 0 Å². The van der Waals surface area contributed by atoms with Crippen LogP contribution in [0.25, 0.3) is 0 Å². The highest BCUT2D eigenvalue weighted by atomic mass is 35.5. The van der Waals surface area contributed by atoms with Gasteiger partial charge in [-0.1, -0.05) is 11.6 Å². The zero-order valence-corrected chi connectivity index (χ0v) is 15.2. The quantitative estimate of drug-likeness (QED) is 0.539. The maximum Gasteiger partial charge on any atom is 0.416 e. The molecule has 0 atom stereocenters. The van der Waals surface area contributed by atoms with Crippen molar-refractivity contribution in [3.05, 3.63) is 58.6 Å². The molecule has 2 rings (SSSR count). The smallest absolute Gasteiger partial charge is 0.377 e. The van der Waals surface area contributed by atoms with E-state index in [0.29, 0.717) is 16.4 Å². The molecule has 0 amide bonds. The van der Waals surface area contributed by atoms with Crippen LogP contribution in [0.3, 0.4) is 0 Å². The molecule has 134 valence electrons. The Morgan fingerprint density at radius 1 is 1.00 bits per heavy atom. The van der Waals surface area contributed by atoms with Crippen LogP contribution in [0.15, 0.2) is 47.6 Å². The molecular weight excluding hydrogens is 351 g/mol. The summed E-state index contributed by atoms with van der Waals surface area (Å²) in [5, 5.41) is 6.60. The summed E-state index contributed by atoms with van der Waals surface area (Å²) in [7, 11) is 5.52. The molecule has 7 heteroatoms. The number of nitrogens with zero attached hydrogens (tertiary/aromatic N) is 3. The molecular formula is C18H19ClF3N3. The Kier molecular flexibility index (Phi) is 5.62. The van der Waals surface area contributed by atoms with Gasteiger partial charge in [0.1, 0.15) is 0 Å². The van der Waals surface area contributed by atoms with Crippen LogP contribution >= 0.6 is 11.6 Å². The second-order valence-electron chi connectivity index (χ2n) is 5.81. The highest BCUT2D eigenvalue weighted by molar-refractivity contribution is 6.31. The van der Waals surface area contributed by atoms with E-state index in [2.05, 4.69) is 5.10 Å². The Hall–Kier alpha value is -2.21. The third-order valence-electron chi connectivity index (χ3n) is 3.70. The van der Waals surface area contributed by atoms with Crippen LogP contribution in [0.2, 0.25) is 5.02 Å². The van der Waals surface area contributed by atoms with Gasteiger partial charge in [-0.05, 0) is 49.4 Å². The standard InChI is InChI=1S/C18H19ClF3N3/c1-12(16-11-14(19)7-10-17(16)24(2)3)23-25(4)15-8-5-13(6-9-15)18(20,21)22/h5-11H,1-4H3/b23-12+. The fourth-order valence-electron chi connectivity index (χ4n) is 2.39. The van der Waals surface area contributed by atoms with Gasteiger partial charge in [-0.25, -0.2) is 0 Å². The van der Waals surface area contributed by atoms with Gasteiger partial charge in [0.2, 0.25) is 0 Å². The zero-order valence-electron chi connectivity index (χ0n) is 14.4. The van der Waals surface area contributed by atoms with E-state index < -0.39 is 11.7 Å². The number of anilines is 2. The number of rotatable bonds is 4. The van der Waals surface area contributed by atoms with Gasteiger partial charge >= 0.3 is 6.18 Å². The first-order chi connectivity index (χ1) is 11.6. The van der Waals surface area contributed by atoms with E-state index in [1.807, 2.05) is 38.1 Å². The van der Waals surface area contributed by atoms with Crippen LogP contribution in [-0.2, 0) is 6.18 Å². The lowest BCUT2D eigenvalue weighted by atomic mass is 10.1. The van der Waals surface area contributed by atoms with Crippen molar-refractivity contribution in [1.82, 2.24) is 0 Å². The fraction of sp³-hybridized carbons (Fsp3) is 0.278. The molecule has 0 fully saturated rings. The van der Waals surface area contributed by atoms with Gasteiger partial charge in [0, 0.05) is 37.4 Å². The number of alkyl halides is 3. The third-order valence-corrected chi connectivity index (χ3v) is 3.93. The molecule has 0 saturated carbocycles. The van der Waals surface area contributed by atoms with E-state index in [1.165, 1.54) is 17.1 Å². The van der Waals surface area contributed by atoms with Gasteiger partial charge in [-0.3, -0.25) is 5.01 Å². The summed E-state index contributed by atoms with van der Waals surface area (Å²) < 4.78 is 38.0. The van der Waals surface area contributed by atoms with E-state index >= 15 is 0 Å². The van der Waals surface area contributed by atoms with Crippen molar-refractivity contribution in [3.8, 4) is 0 Å². The monoisotopic (exact) mass is 369 g/mol. The lowest BCUT2D eigenvalue weighted by Crippen LogP contribution is -2.16. The summed E-state index contributed by atoms with van der Waals surface area (Å²) in [5.41, 5.74) is 2.38. The minimum atomic E-state index is -4.35. The number of hydrogen-bond donors (Lipinski definition) is 0. The maximum absolute atomic E-state index is 12.7. The second kappa shape index (κ2) is 7.35. The molecule has 0 spiro atoms. The molecule has 0 aromatic heterocycles. The van der Waals surface area contributed by atoms with Crippen LogP contribution in [0, 0.1) is 0 Å². The average Bonchev–Trinajstić information content (AvgIpc) is 2.53. The van der Waals surface area contributed by atoms with E-state index in [-0.39, 0.29) is 0 Å². The van der Waals surface area contributed by atoms with Crippen LogP contribution in [-0.4, -0.2) is 26.9 Å². The van der Waals surface area contributed by atoms with Gasteiger partial charge in [-0.2, -0.15) is 18.3 Å². The molecule has 0 aliphatic rings. The van der Waals surface area contributed by atoms with E-state index in [9.17, 15) is 13.2 Å². The van der Waals surface area contributed by atoms with Crippen LogP contribution in [0.5, 0.6) is 0 Å². The maximum atomic E-state index is 12.7. The number of halogens is 4. The van der Waals surface area contributed by atoms with E-state index in [0.717, 1.165) is 23.4 Å². The molecule has 0 unspecified atom stereocenters. The van der Waals surface area contributed by atoms with Gasteiger partial charge in [-0.15, -0.1) is 0 Å². The van der Waals surface area contributed by atoms with Crippen molar-refractivity contribution < 1.29 is 13.2 Å². The van der Waals surface area contributed by atoms with Crippen molar-refractivity contribution in [1.29, 1.82) is 0 Å². The molecule has 2 aromatic carbocycles. The SMILES string of the molecule is C/C(=N\N(C)c1ccc(C(F)(F)F)cc1)c1cc(Cl)ccc1N(C)C. The fourth-order valence-corrected chi connectivity index (χ4v) is 2.56. The Bertz CT molecular complexity index is 768. The topological polar surface area (TPSA) is 18.8 Å². The molecule has 3 nitrogen and oxygen atoms in total. The highest BCUT2D eigenvalue weighted by Crippen LogP contribution is 2.30. The largest absolute Gasteiger partial charge is 0.416 e. The number of hydrogen-bond acceptors (Lipinski definition) is 3. The Labute approximate surface area is 150 Å². The molecule has 0 saturated heterocycles. The number of hydrazone groups is 1. The predicted molar refractivity (Wildman–Crippen MR) is 97.8 cm³/mol. The van der Waals surface area contributed by atoms with Crippen molar-refractivity contribution in [2.24, 2.45) is 5.10 Å². The second-order valence-corrected chi connectivity index (χ2v) is 6.25. The zero-order chi connectivity index (χ0) is 18.8. The molecule has 2 aromatic rings. The lowest BCUT2D eigenvalue weighted by Gasteiger charge is -2.20. The lowest BCUT2D eigenvalue weighted by molar-refractivity contribution is -0.137. The van der Waals surface area contributed by atoms with E-state index in [1.54, 1.807) is 13.1 Å². The third kappa shape index (κ3) is 4.66. The van der Waals surface area contributed by atoms with Crippen molar-refractivity contribution in [3.63, 3.8) is 0 Å². The van der Waals surface area contributed by atoms with Crippen LogP contribution < -0.4 is 9.91 Å². The summed E-state index contributed by atoms with van der Waals surface area (Å²) in [6.07, 6.45) is -4.35. The van der Waals surface area contributed by atoms with E-state index in [4.69, 9.17) is 11.6 Å². The first-order valence-corrected chi connectivity index (χ1v) is 7.91. The Balaban J connectivity index is 2.32. The predicted octanol–water partition coefficient (Wildman–Crippen LogP) is 5.29. The van der Waals surface area contributed by atoms with Gasteiger partial charge < -0.3 is 4.90 Å². The average molecular weight is 370 g/mol. The van der Waals surface area contributed by atoms with Gasteiger partial charge in [0.05, 0.1) is 17.0 Å². The summed E-state index contributed by atoms with van der Waals surface area (Å²) in [6, 6.07) is 10.4. The van der Waals surface area contributed by atoms with Crippen molar-refractivity contribution in [2.75, 3.05) is 31.1 Å². The highest BCUT2D eigenvalue weighted by Gasteiger charge is 2.30. The molecule has 25 heavy (non-hydrogen) atoms. The number of benzene rings is 2. The Morgan fingerprint density at radius 3 is 2.12 bits per heavy atom. The summed E-state index contributed by atoms with van der Waals surface area (Å²) in [6.45, 7) is 1.83. The normalized spacial score (nSPS) is 12.2. The summed E-state index contributed by atoms with van der Waals surface area (Å²) in [4.78, 5) is 1.95. The van der Waals surface area contributed by atoms with Crippen molar-refractivity contribution in [2.45, 2.75) is 13.1 Å². The summed E-state index contributed by atoms with van der Waals surface area (Å²) in [5.74, 6) is 0. The molecule has 0 heterocycles. The summed E-state index contributed by atoms with van der Waals surface area (Å²) >= 11 is 6.09. The minimum absolute atomic E-state index is 0.556. The van der Waals surface area contributed by atoms with Crippen LogP contribution in [0.1, 0.15) is 18.1 Å². The van der Waals surface area contributed by atoms with Crippen LogP contribution in [0.4, 0.5) is 24.5 Å². The first kappa shape index (κ1) is 19.1. The van der Waals surface area contributed by atoms with Crippen molar-refractivity contribution >= 4 is 28.7 Å². The first-order valence-electron chi connectivity index (χ1n) is 7.53. The molecule has 0 aliphatic carbocycles. The molecule has 0 bridgehead atoms. The molecule has 0 N–H and O–H groups in total. The van der Waals surface area contributed by atoms with Gasteiger partial charge in [0.25, 0.3) is 0 Å². The minimum Gasteiger partial charge on any atom is -0.377 e. The molecule has 0 aliphatic heterocycles.